The predicted molar refractivity (Wildman–Crippen MR) is 80.7 cm³/mol. The summed E-state index contributed by atoms with van der Waals surface area (Å²) < 4.78 is 1.04. The number of nitrogens with zero attached hydrogens (tertiary/aromatic N) is 1. The number of pyridine rings is 1. The second-order valence-electron chi connectivity index (χ2n) is 5.57. The normalized spacial score (nSPS) is 11.9. The van der Waals surface area contributed by atoms with Crippen molar-refractivity contribution in [1.29, 1.82) is 0 Å². The molecule has 0 aliphatic rings. The van der Waals surface area contributed by atoms with E-state index in [2.05, 4.69) is 55.1 Å². The van der Waals surface area contributed by atoms with Crippen molar-refractivity contribution >= 4 is 32.5 Å². The number of hydrogen-bond donors (Lipinski definition) is 2. The summed E-state index contributed by atoms with van der Waals surface area (Å²) in [7, 11) is 0. The molecule has 0 aliphatic carbocycles. The molecule has 0 atom stereocenters. The molecule has 18 heavy (non-hydrogen) atoms. The molecular weight excluding hydrogens is 290 g/mol. The topological polar surface area (TPSA) is 50.9 Å². The van der Waals surface area contributed by atoms with Gasteiger partial charge in [0.1, 0.15) is 0 Å². The fourth-order valence-corrected chi connectivity index (χ4v) is 2.53. The Morgan fingerprint density at radius 3 is 2.44 bits per heavy atom. The van der Waals surface area contributed by atoms with Crippen molar-refractivity contribution in [2.24, 2.45) is 5.84 Å². The Kier molecular flexibility index (Phi) is 3.34. The van der Waals surface area contributed by atoms with Gasteiger partial charge in [-0.2, -0.15) is 0 Å². The van der Waals surface area contributed by atoms with Crippen LogP contribution in [0.5, 0.6) is 0 Å². The van der Waals surface area contributed by atoms with Gasteiger partial charge in [-0.15, -0.1) is 0 Å². The SMILES string of the molecule is Cc1cc(Br)cc2c(NN)cc(C(C)(C)C)nc12. The van der Waals surface area contributed by atoms with Gasteiger partial charge in [0, 0.05) is 21.0 Å². The van der Waals surface area contributed by atoms with Crippen LogP contribution in [0.4, 0.5) is 5.69 Å². The third kappa shape index (κ3) is 2.35. The van der Waals surface area contributed by atoms with E-state index in [0.717, 1.165) is 32.3 Å². The van der Waals surface area contributed by atoms with Crippen LogP contribution in [0.15, 0.2) is 22.7 Å². The van der Waals surface area contributed by atoms with E-state index in [1.165, 1.54) is 0 Å². The first-order valence-corrected chi connectivity index (χ1v) is 6.70. The highest BCUT2D eigenvalue weighted by Crippen LogP contribution is 2.32. The Hall–Kier alpha value is -1.13. The molecular formula is C14H18BrN3. The molecule has 1 aromatic carbocycles. The third-order valence-corrected chi connectivity index (χ3v) is 3.45. The van der Waals surface area contributed by atoms with Gasteiger partial charge >= 0.3 is 0 Å². The minimum atomic E-state index is -0.000691. The monoisotopic (exact) mass is 307 g/mol. The molecule has 0 radical (unpaired) electrons. The Labute approximate surface area is 116 Å². The molecule has 0 amide bonds. The lowest BCUT2D eigenvalue weighted by Gasteiger charge is -2.20. The predicted octanol–water partition coefficient (Wildman–Crippen LogP) is 3.89. The molecule has 2 aromatic rings. The molecule has 0 spiro atoms. The van der Waals surface area contributed by atoms with Gasteiger partial charge in [0.15, 0.2) is 0 Å². The number of rotatable bonds is 1. The number of fused-ring (bicyclic) bond motifs is 1. The standard InChI is InChI=1S/C14H18BrN3/c1-8-5-9(15)6-10-11(18-16)7-12(14(2,3)4)17-13(8)10/h5-7H,16H2,1-4H3,(H,17,18). The fraction of sp³-hybridized carbons (Fsp3) is 0.357. The Morgan fingerprint density at radius 2 is 1.89 bits per heavy atom. The highest BCUT2D eigenvalue weighted by molar-refractivity contribution is 9.10. The number of nitrogens with one attached hydrogen (secondary N) is 1. The fourth-order valence-electron chi connectivity index (χ4n) is 1.96. The molecule has 1 aromatic heterocycles. The maximum absolute atomic E-state index is 5.64. The number of anilines is 1. The van der Waals surface area contributed by atoms with Crippen LogP contribution in [0, 0.1) is 6.92 Å². The number of hydrazine groups is 1. The summed E-state index contributed by atoms with van der Waals surface area (Å²) in [5.74, 6) is 5.64. The highest BCUT2D eigenvalue weighted by Gasteiger charge is 2.18. The molecule has 0 saturated carbocycles. The van der Waals surface area contributed by atoms with Crippen LogP contribution in [0.3, 0.4) is 0 Å². The zero-order valence-corrected chi connectivity index (χ0v) is 12.7. The Balaban J connectivity index is 2.84. The van der Waals surface area contributed by atoms with Gasteiger partial charge in [-0.3, -0.25) is 10.8 Å². The van der Waals surface area contributed by atoms with Gasteiger partial charge in [0.2, 0.25) is 0 Å². The molecule has 0 aliphatic heterocycles. The second-order valence-corrected chi connectivity index (χ2v) is 6.48. The molecule has 3 N–H and O–H groups in total. The molecule has 0 unspecified atom stereocenters. The first-order valence-electron chi connectivity index (χ1n) is 5.91. The summed E-state index contributed by atoms with van der Waals surface area (Å²) in [6.45, 7) is 8.51. The van der Waals surface area contributed by atoms with Gasteiger partial charge in [-0.25, -0.2) is 0 Å². The molecule has 0 bridgehead atoms. The van der Waals surface area contributed by atoms with E-state index in [4.69, 9.17) is 10.8 Å². The van der Waals surface area contributed by atoms with Crippen LogP contribution in [0.25, 0.3) is 10.9 Å². The summed E-state index contributed by atoms with van der Waals surface area (Å²) in [6, 6.07) is 6.13. The number of halogens is 1. The van der Waals surface area contributed by atoms with E-state index in [9.17, 15) is 0 Å². The molecule has 0 saturated heterocycles. The zero-order valence-electron chi connectivity index (χ0n) is 11.1. The van der Waals surface area contributed by atoms with E-state index in [0.29, 0.717) is 0 Å². The van der Waals surface area contributed by atoms with Crippen molar-refractivity contribution in [3.63, 3.8) is 0 Å². The summed E-state index contributed by atoms with van der Waals surface area (Å²) in [4.78, 5) is 4.78. The number of nitrogens with two attached hydrogens (primary N) is 1. The van der Waals surface area contributed by atoms with E-state index >= 15 is 0 Å². The first kappa shape index (κ1) is 13.3. The highest BCUT2D eigenvalue weighted by atomic mass is 79.9. The first-order chi connectivity index (χ1) is 8.32. The van der Waals surface area contributed by atoms with Crippen molar-refractivity contribution in [2.75, 3.05) is 5.43 Å². The van der Waals surface area contributed by atoms with Gasteiger partial charge in [0.25, 0.3) is 0 Å². The molecule has 1 heterocycles. The third-order valence-electron chi connectivity index (χ3n) is 2.99. The van der Waals surface area contributed by atoms with Crippen LogP contribution >= 0.6 is 15.9 Å². The lowest BCUT2D eigenvalue weighted by atomic mass is 9.90. The average molecular weight is 308 g/mol. The molecule has 4 heteroatoms. The lowest BCUT2D eigenvalue weighted by molar-refractivity contribution is 0.571. The summed E-state index contributed by atoms with van der Waals surface area (Å²) in [5.41, 5.74) is 6.86. The molecule has 2 rings (SSSR count). The van der Waals surface area contributed by atoms with E-state index in [1.807, 2.05) is 12.1 Å². The van der Waals surface area contributed by atoms with Gasteiger partial charge < -0.3 is 5.43 Å². The average Bonchev–Trinajstić information content (AvgIpc) is 2.26. The molecule has 0 fully saturated rings. The minimum Gasteiger partial charge on any atom is -0.323 e. The second kappa shape index (κ2) is 4.52. The number of benzene rings is 1. The van der Waals surface area contributed by atoms with Gasteiger partial charge in [-0.1, -0.05) is 36.7 Å². The van der Waals surface area contributed by atoms with E-state index in [1.54, 1.807) is 0 Å². The molecule has 96 valence electrons. The van der Waals surface area contributed by atoms with Crippen molar-refractivity contribution in [2.45, 2.75) is 33.1 Å². The summed E-state index contributed by atoms with van der Waals surface area (Å²) in [5, 5.41) is 1.04. The van der Waals surface area contributed by atoms with Crippen molar-refractivity contribution < 1.29 is 0 Å². The number of aryl methyl sites for hydroxylation is 1. The zero-order chi connectivity index (χ0) is 13.5. The van der Waals surface area contributed by atoms with Crippen molar-refractivity contribution in [3.8, 4) is 0 Å². The number of hydrogen-bond acceptors (Lipinski definition) is 3. The van der Waals surface area contributed by atoms with E-state index < -0.39 is 0 Å². The van der Waals surface area contributed by atoms with E-state index in [-0.39, 0.29) is 5.41 Å². The van der Waals surface area contributed by atoms with Crippen molar-refractivity contribution in [1.82, 2.24) is 4.98 Å². The van der Waals surface area contributed by atoms with Crippen LogP contribution < -0.4 is 11.3 Å². The summed E-state index contributed by atoms with van der Waals surface area (Å²) in [6.07, 6.45) is 0. The Bertz CT molecular complexity index is 600. The van der Waals surface area contributed by atoms with Crippen LogP contribution in [-0.2, 0) is 5.41 Å². The maximum atomic E-state index is 5.64. The quantitative estimate of drug-likeness (QED) is 0.621. The summed E-state index contributed by atoms with van der Waals surface area (Å²) >= 11 is 3.51. The van der Waals surface area contributed by atoms with Crippen LogP contribution in [0.1, 0.15) is 32.0 Å². The van der Waals surface area contributed by atoms with Gasteiger partial charge in [-0.05, 0) is 30.7 Å². The van der Waals surface area contributed by atoms with Crippen LogP contribution in [-0.4, -0.2) is 4.98 Å². The number of nitrogen functional groups attached to an aromatic ring is 1. The van der Waals surface area contributed by atoms with Crippen LogP contribution in [0.2, 0.25) is 0 Å². The molecule has 3 nitrogen and oxygen atoms in total. The lowest BCUT2D eigenvalue weighted by Crippen LogP contribution is -2.16. The van der Waals surface area contributed by atoms with Crippen molar-refractivity contribution in [3.05, 3.63) is 33.9 Å². The number of aromatic nitrogens is 1. The van der Waals surface area contributed by atoms with Gasteiger partial charge in [0.05, 0.1) is 11.2 Å². The smallest absolute Gasteiger partial charge is 0.0756 e. The minimum absolute atomic E-state index is 0.000691. The Morgan fingerprint density at radius 1 is 1.22 bits per heavy atom. The largest absolute Gasteiger partial charge is 0.323 e. The maximum Gasteiger partial charge on any atom is 0.0756 e.